The van der Waals surface area contributed by atoms with Crippen LogP contribution in [0.25, 0.3) is 11.1 Å². The number of hydrogen-bond acceptors (Lipinski definition) is 2. The molecule has 1 amide bonds. The van der Waals surface area contributed by atoms with Gasteiger partial charge in [-0.3, -0.25) is 4.79 Å². The number of rotatable bonds is 5. The molecule has 26 heavy (non-hydrogen) atoms. The number of nitrogens with one attached hydrogen (secondary N) is 2. The third kappa shape index (κ3) is 4.13. The number of hydrogen-bond donors (Lipinski definition) is 2. The molecule has 0 saturated heterocycles. The Morgan fingerprint density at radius 1 is 0.962 bits per heavy atom. The Morgan fingerprint density at radius 3 is 2.42 bits per heavy atom. The molecule has 0 fully saturated rings. The van der Waals surface area contributed by atoms with E-state index in [0.29, 0.717) is 23.4 Å². The molecule has 0 spiro atoms. The van der Waals surface area contributed by atoms with E-state index < -0.39 is 11.6 Å². The lowest BCUT2D eigenvalue weighted by Crippen LogP contribution is -2.12. The van der Waals surface area contributed by atoms with Crippen molar-refractivity contribution in [2.45, 2.75) is 6.54 Å². The van der Waals surface area contributed by atoms with E-state index in [-0.39, 0.29) is 11.5 Å². The van der Waals surface area contributed by atoms with Crippen LogP contribution in [0.4, 0.5) is 14.5 Å². The predicted octanol–water partition coefficient (Wildman–Crippen LogP) is 4.60. The smallest absolute Gasteiger partial charge is 0.255 e. The third-order valence-corrected chi connectivity index (χ3v) is 3.95. The van der Waals surface area contributed by atoms with Crippen molar-refractivity contribution in [1.29, 1.82) is 0 Å². The highest BCUT2D eigenvalue weighted by Crippen LogP contribution is 2.24. The van der Waals surface area contributed by atoms with Crippen molar-refractivity contribution in [2.75, 3.05) is 12.4 Å². The molecule has 0 unspecified atom stereocenters. The van der Waals surface area contributed by atoms with Gasteiger partial charge in [0.2, 0.25) is 0 Å². The zero-order valence-corrected chi connectivity index (χ0v) is 14.2. The standard InChI is InChI=1S/C21H18F2N2O/c1-24-13-14-3-2-4-18(11-14)25-21(26)16-7-5-15(6-8-16)19-10-9-17(22)12-20(19)23/h2-12,24H,13H2,1H3,(H,25,26). The summed E-state index contributed by atoms with van der Waals surface area (Å²) in [5.41, 5.74) is 3.09. The van der Waals surface area contributed by atoms with Crippen LogP contribution in [0.1, 0.15) is 15.9 Å². The summed E-state index contributed by atoms with van der Waals surface area (Å²) in [5.74, 6) is -1.51. The maximum atomic E-state index is 13.9. The summed E-state index contributed by atoms with van der Waals surface area (Å²) in [6, 6.07) is 17.5. The van der Waals surface area contributed by atoms with Crippen LogP contribution in [0, 0.1) is 11.6 Å². The maximum Gasteiger partial charge on any atom is 0.255 e. The van der Waals surface area contributed by atoms with Crippen LogP contribution in [-0.4, -0.2) is 13.0 Å². The monoisotopic (exact) mass is 352 g/mol. The van der Waals surface area contributed by atoms with Gasteiger partial charge in [-0.15, -0.1) is 0 Å². The topological polar surface area (TPSA) is 41.1 Å². The quantitative estimate of drug-likeness (QED) is 0.704. The maximum absolute atomic E-state index is 13.9. The highest BCUT2D eigenvalue weighted by atomic mass is 19.1. The molecule has 3 rings (SSSR count). The number of benzene rings is 3. The van der Waals surface area contributed by atoms with Gasteiger partial charge in [0.15, 0.2) is 0 Å². The number of anilines is 1. The molecule has 0 aliphatic rings. The van der Waals surface area contributed by atoms with E-state index in [4.69, 9.17) is 0 Å². The average molecular weight is 352 g/mol. The van der Waals surface area contributed by atoms with Crippen molar-refractivity contribution in [1.82, 2.24) is 5.32 Å². The molecule has 0 aliphatic carbocycles. The highest BCUT2D eigenvalue weighted by Gasteiger charge is 2.09. The fraction of sp³-hybridized carbons (Fsp3) is 0.0952. The van der Waals surface area contributed by atoms with Crippen LogP contribution in [-0.2, 0) is 6.54 Å². The molecule has 0 aromatic heterocycles. The normalized spacial score (nSPS) is 10.6. The van der Waals surface area contributed by atoms with Crippen molar-refractivity contribution in [2.24, 2.45) is 0 Å². The van der Waals surface area contributed by atoms with Gasteiger partial charge < -0.3 is 10.6 Å². The molecule has 0 aliphatic heterocycles. The van der Waals surface area contributed by atoms with E-state index >= 15 is 0 Å². The van der Waals surface area contributed by atoms with Gasteiger partial charge in [0, 0.05) is 29.4 Å². The minimum absolute atomic E-state index is 0.252. The summed E-state index contributed by atoms with van der Waals surface area (Å²) in [6.07, 6.45) is 0. The van der Waals surface area contributed by atoms with Gasteiger partial charge in [-0.1, -0.05) is 24.3 Å². The summed E-state index contributed by atoms with van der Waals surface area (Å²) in [5, 5.41) is 5.90. The number of amides is 1. The molecule has 0 bridgehead atoms. The molecule has 0 radical (unpaired) electrons. The van der Waals surface area contributed by atoms with Gasteiger partial charge in [-0.2, -0.15) is 0 Å². The minimum Gasteiger partial charge on any atom is -0.322 e. The molecular weight excluding hydrogens is 334 g/mol. The second kappa shape index (κ2) is 7.89. The lowest BCUT2D eigenvalue weighted by atomic mass is 10.0. The fourth-order valence-electron chi connectivity index (χ4n) is 2.69. The van der Waals surface area contributed by atoms with Gasteiger partial charge in [0.05, 0.1) is 0 Å². The lowest BCUT2D eigenvalue weighted by Gasteiger charge is -2.09. The molecule has 2 N–H and O–H groups in total. The van der Waals surface area contributed by atoms with Crippen LogP contribution in [0.5, 0.6) is 0 Å². The van der Waals surface area contributed by atoms with E-state index in [9.17, 15) is 13.6 Å². The van der Waals surface area contributed by atoms with Crippen LogP contribution in [0.2, 0.25) is 0 Å². The van der Waals surface area contributed by atoms with Crippen molar-refractivity contribution < 1.29 is 13.6 Å². The lowest BCUT2D eigenvalue weighted by molar-refractivity contribution is 0.102. The van der Waals surface area contributed by atoms with Crippen LogP contribution in [0.3, 0.4) is 0 Å². The minimum atomic E-state index is -0.636. The largest absolute Gasteiger partial charge is 0.322 e. The molecule has 0 heterocycles. The van der Waals surface area contributed by atoms with Gasteiger partial charge in [0.25, 0.3) is 5.91 Å². The molecule has 0 saturated carbocycles. The Bertz CT molecular complexity index is 924. The van der Waals surface area contributed by atoms with E-state index in [1.165, 1.54) is 12.1 Å². The predicted molar refractivity (Wildman–Crippen MR) is 99.0 cm³/mol. The fourth-order valence-corrected chi connectivity index (χ4v) is 2.69. The summed E-state index contributed by atoms with van der Waals surface area (Å²) in [7, 11) is 1.86. The number of carbonyl (C=O) groups excluding carboxylic acids is 1. The van der Waals surface area contributed by atoms with Crippen LogP contribution in [0.15, 0.2) is 66.7 Å². The third-order valence-electron chi connectivity index (χ3n) is 3.95. The van der Waals surface area contributed by atoms with Crippen molar-refractivity contribution in [3.05, 3.63) is 89.5 Å². The van der Waals surface area contributed by atoms with Gasteiger partial charge >= 0.3 is 0 Å². The SMILES string of the molecule is CNCc1cccc(NC(=O)c2ccc(-c3ccc(F)cc3F)cc2)c1. The Hall–Kier alpha value is -3.05. The zero-order chi connectivity index (χ0) is 18.5. The first-order chi connectivity index (χ1) is 12.6. The molecule has 3 aromatic carbocycles. The molecule has 3 nitrogen and oxygen atoms in total. The van der Waals surface area contributed by atoms with E-state index in [1.54, 1.807) is 24.3 Å². The first-order valence-electron chi connectivity index (χ1n) is 8.17. The Kier molecular flexibility index (Phi) is 5.39. The van der Waals surface area contributed by atoms with Gasteiger partial charge in [0.1, 0.15) is 11.6 Å². The second-order valence-electron chi connectivity index (χ2n) is 5.89. The van der Waals surface area contributed by atoms with Crippen LogP contribution < -0.4 is 10.6 Å². The van der Waals surface area contributed by atoms with Crippen molar-refractivity contribution >= 4 is 11.6 Å². The zero-order valence-electron chi connectivity index (χ0n) is 14.2. The molecule has 132 valence electrons. The summed E-state index contributed by atoms with van der Waals surface area (Å²) in [6.45, 7) is 0.710. The number of carbonyl (C=O) groups is 1. The Balaban J connectivity index is 1.75. The average Bonchev–Trinajstić information content (AvgIpc) is 2.62. The highest BCUT2D eigenvalue weighted by molar-refractivity contribution is 6.04. The summed E-state index contributed by atoms with van der Waals surface area (Å²) < 4.78 is 26.9. The van der Waals surface area contributed by atoms with Crippen LogP contribution >= 0.6 is 0 Å². The molecule has 0 atom stereocenters. The Morgan fingerprint density at radius 2 is 1.73 bits per heavy atom. The van der Waals surface area contributed by atoms with Gasteiger partial charge in [-0.05, 0) is 54.6 Å². The summed E-state index contributed by atoms with van der Waals surface area (Å²) >= 11 is 0. The molecular formula is C21H18F2N2O. The van der Waals surface area contributed by atoms with Gasteiger partial charge in [-0.25, -0.2) is 8.78 Å². The molecule has 3 aromatic rings. The van der Waals surface area contributed by atoms with Crippen molar-refractivity contribution in [3.8, 4) is 11.1 Å². The number of halogens is 2. The summed E-state index contributed by atoms with van der Waals surface area (Å²) in [4.78, 5) is 12.4. The second-order valence-corrected chi connectivity index (χ2v) is 5.89. The Labute approximate surface area is 150 Å². The first kappa shape index (κ1) is 17.8. The first-order valence-corrected chi connectivity index (χ1v) is 8.17. The van der Waals surface area contributed by atoms with Crippen molar-refractivity contribution in [3.63, 3.8) is 0 Å². The van der Waals surface area contributed by atoms with E-state index in [2.05, 4.69) is 10.6 Å². The van der Waals surface area contributed by atoms with E-state index in [0.717, 1.165) is 11.6 Å². The van der Waals surface area contributed by atoms with E-state index in [1.807, 2.05) is 31.3 Å². The molecule has 5 heteroatoms.